The van der Waals surface area contributed by atoms with Gasteiger partial charge in [0.15, 0.2) is 0 Å². The zero-order chi connectivity index (χ0) is 13.8. The van der Waals surface area contributed by atoms with Crippen LogP contribution in [-0.2, 0) is 0 Å². The Morgan fingerprint density at radius 2 is 1.79 bits per heavy atom. The molecular weight excluding hydrogens is 266 g/mol. The molecular formula is C15H14F2OS. The lowest BCUT2D eigenvalue weighted by molar-refractivity contribution is 0.198. The van der Waals surface area contributed by atoms with E-state index in [1.807, 2.05) is 31.2 Å². The van der Waals surface area contributed by atoms with E-state index in [4.69, 9.17) is 0 Å². The number of hydrogen-bond acceptors (Lipinski definition) is 2. The molecule has 0 heterocycles. The first kappa shape index (κ1) is 14.0. The van der Waals surface area contributed by atoms with Gasteiger partial charge in [0.05, 0.1) is 6.10 Å². The van der Waals surface area contributed by atoms with Crippen LogP contribution in [0, 0.1) is 18.6 Å². The smallest absolute Gasteiger partial charge is 0.129 e. The van der Waals surface area contributed by atoms with Gasteiger partial charge in [-0.2, -0.15) is 0 Å². The predicted molar refractivity (Wildman–Crippen MR) is 73.2 cm³/mol. The largest absolute Gasteiger partial charge is 0.387 e. The van der Waals surface area contributed by atoms with Crippen LogP contribution in [0.25, 0.3) is 0 Å². The third kappa shape index (κ3) is 3.78. The summed E-state index contributed by atoms with van der Waals surface area (Å²) in [5.74, 6) is -0.849. The minimum atomic E-state index is -1.03. The monoisotopic (exact) mass is 280 g/mol. The maximum atomic E-state index is 13.5. The number of benzene rings is 2. The standard InChI is InChI=1S/C15H14F2OS/c1-10-2-5-12(6-3-10)19-9-15(18)13-8-11(16)4-7-14(13)17/h2-8,15,18H,9H2,1H3. The van der Waals surface area contributed by atoms with E-state index in [9.17, 15) is 13.9 Å². The summed E-state index contributed by atoms with van der Waals surface area (Å²) in [6.07, 6.45) is -1.03. The summed E-state index contributed by atoms with van der Waals surface area (Å²) in [6.45, 7) is 1.99. The highest BCUT2D eigenvalue weighted by atomic mass is 32.2. The molecule has 0 spiro atoms. The molecule has 0 aliphatic heterocycles. The topological polar surface area (TPSA) is 20.2 Å². The molecule has 4 heteroatoms. The Morgan fingerprint density at radius 3 is 2.47 bits per heavy atom. The van der Waals surface area contributed by atoms with Crippen LogP contribution in [0.5, 0.6) is 0 Å². The van der Waals surface area contributed by atoms with E-state index in [0.717, 1.165) is 28.7 Å². The van der Waals surface area contributed by atoms with Gasteiger partial charge < -0.3 is 5.11 Å². The van der Waals surface area contributed by atoms with Crippen molar-refractivity contribution in [1.29, 1.82) is 0 Å². The summed E-state index contributed by atoms with van der Waals surface area (Å²) in [7, 11) is 0. The first-order valence-electron chi connectivity index (χ1n) is 5.89. The van der Waals surface area contributed by atoms with Crippen LogP contribution < -0.4 is 0 Å². The quantitative estimate of drug-likeness (QED) is 0.851. The Bertz CT molecular complexity index is 555. The molecule has 1 unspecified atom stereocenters. The fraction of sp³-hybridized carbons (Fsp3) is 0.200. The maximum Gasteiger partial charge on any atom is 0.129 e. The fourth-order valence-corrected chi connectivity index (χ4v) is 2.53. The Morgan fingerprint density at radius 1 is 1.11 bits per heavy atom. The molecule has 1 atom stereocenters. The number of rotatable bonds is 4. The molecule has 2 aromatic carbocycles. The van der Waals surface area contributed by atoms with E-state index < -0.39 is 17.7 Å². The van der Waals surface area contributed by atoms with Crippen LogP contribution in [-0.4, -0.2) is 10.9 Å². The summed E-state index contributed by atoms with van der Waals surface area (Å²) < 4.78 is 26.5. The van der Waals surface area contributed by atoms with Crippen molar-refractivity contribution >= 4 is 11.8 Å². The van der Waals surface area contributed by atoms with Gasteiger partial charge in [0.25, 0.3) is 0 Å². The van der Waals surface area contributed by atoms with E-state index in [1.54, 1.807) is 0 Å². The number of thioether (sulfide) groups is 1. The molecule has 0 fully saturated rings. The van der Waals surface area contributed by atoms with Gasteiger partial charge in [0.1, 0.15) is 11.6 Å². The number of aliphatic hydroxyl groups is 1. The van der Waals surface area contributed by atoms with Crippen LogP contribution in [0.15, 0.2) is 47.4 Å². The molecule has 2 aromatic rings. The first-order chi connectivity index (χ1) is 9.06. The molecule has 0 saturated carbocycles. The lowest BCUT2D eigenvalue weighted by atomic mass is 10.1. The van der Waals surface area contributed by atoms with Crippen molar-refractivity contribution in [3.8, 4) is 0 Å². The number of halogens is 2. The summed E-state index contributed by atoms with van der Waals surface area (Å²) in [6, 6.07) is 10.9. The van der Waals surface area contributed by atoms with Gasteiger partial charge >= 0.3 is 0 Å². The Kier molecular flexibility index (Phi) is 4.56. The minimum absolute atomic E-state index is 0.000360. The van der Waals surface area contributed by atoms with Gasteiger partial charge in [0, 0.05) is 16.2 Å². The lowest BCUT2D eigenvalue weighted by Crippen LogP contribution is -2.04. The molecule has 0 amide bonds. The maximum absolute atomic E-state index is 13.5. The minimum Gasteiger partial charge on any atom is -0.387 e. The van der Waals surface area contributed by atoms with Gasteiger partial charge in [-0.1, -0.05) is 17.7 Å². The molecule has 0 aliphatic rings. The molecule has 19 heavy (non-hydrogen) atoms. The summed E-state index contributed by atoms with van der Waals surface area (Å²) >= 11 is 1.41. The van der Waals surface area contributed by atoms with Crippen LogP contribution in [0.3, 0.4) is 0 Å². The van der Waals surface area contributed by atoms with Gasteiger partial charge in [-0.05, 0) is 37.3 Å². The second-order valence-corrected chi connectivity index (χ2v) is 5.40. The highest BCUT2D eigenvalue weighted by Crippen LogP contribution is 2.26. The Labute approximate surface area is 115 Å². The van der Waals surface area contributed by atoms with Crippen molar-refractivity contribution in [2.24, 2.45) is 0 Å². The summed E-state index contributed by atoms with van der Waals surface area (Å²) in [5.41, 5.74) is 1.15. The first-order valence-corrected chi connectivity index (χ1v) is 6.87. The third-order valence-electron chi connectivity index (χ3n) is 2.75. The van der Waals surface area contributed by atoms with Crippen LogP contribution in [0.2, 0.25) is 0 Å². The van der Waals surface area contributed by atoms with E-state index in [-0.39, 0.29) is 11.3 Å². The SMILES string of the molecule is Cc1ccc(SCC(O)c2cc(F)ccc2F)cc1. The van der Waals surface area contributed by atoms with E-state index in [0.29, 0.717) is 0 Å². The van der Waals surface area contributed by atoms with Crippen molar-refractivity contribution in [2.45, 2.75) is 17.9 Å². The molecule has 1 N–H and O–H groups in total. The van der Waals surface area contributed by atoms with Gasteiger partial charge in [-0.25, -0.2) is 8.78 Å². The molecule has 0 radical (unpaired) electrons. The number of aliphatic hydroxyl groups excluding tert-OH is 1. The highest BCUT2D eigenvalue weighted by Gasteiger charge is 2.14. The second-order valence-electron chi connectivity index (χ2n) is 4.31. The van der Waals surface area contributed by atoms with Crippen molar-refractivity contribution in [2.75, 3.05) is 5.75 Å². The number of hydrogen-bond donors (Lipinski definition) is 1. The van der Waals surface area contributed by atoms with E-state index in [1.165, 1.54) is 11.8 Å². The molecule has 0 aromatic heterocycles. The third-order valence-corrected chi connectivity index (χ3v) is 3.83. The number of aryl methyl sites for hydroxylation is 1. The van der Waals surface area contributed by atoms with E-state index in [2.05, 4.69) is 0 Å². The zero-order valence-corrected chi connectivity index (χ0v) is 11.3. The van der Waals surface area contributed by atoms with Gasteiger partial charge in [0.2, 0.25) is 0 Å². The van der Waals surface area contributed by atoms with Crippen LogP contribution in [0.1, 0.15) is 17.2 Å². The predicted octanol–water partition coefficient (Wildman–Crippen LogP) is 4.10. The summed E-state index contributed by atoms with van der Waals surface area (Å²) in [4.78, 5) is 0.987. The van der Waals surface area contributed by atoms with Crippen molar-refractivity contribution in [3.05, 3.63) is 65.2 Å². The summed E-state index contributed by atoms with van der Waals surface area (Å²) in [5, 5.41) is 9.91. The van der Waals surface area contributed by atoms with E-state index >= 15 is 0 Å². The second kappa shape index (κ2) is 6.17. The van der Waals surface area contributed by atoms with Gasteiger partial charge in [-0.15, -0.1) is 11.8 Å². The Balaban J connectivity index is 2.03. The molecule has 0 aliphatic carbocycles. The zero-order valence-electron chi connectivity index (χ0n) is 10.4. The molecule has 0 saturated heterocycles. The average Bonchev–Trinajstić information content (AvgIpc) is 2.40. The molecule has 1 nitrogen and oxygen atoms in total. The average molecular weight is 280 g/mol. The Hall–Kier alpha value is -1.39. The van der Waals surface area contributed by atoms with Crippen LogP contribution in [0.4, 0.5) is 8.78 Å². The normalized spacial score (nSPS) is 12.4. The van der Waals surface area contributed by atoms with Crippen molar-refractivity contribution in [3.63, 3.8) is 0 Å². The molecule has 2 rings (SSSR count). The van der Waals surface area contributed by atoms with Crippen molar-refractivity contribution < 1.29 is 13.9 Å². The van der Waals surface area contributed by atoms with Crippen LogP contribution >= 0.6 is 11.8 Å². The lowest BCUT2D eigenvalue weighted by Gasteiger charge is -2.12. The fourth-order valence-electron chi connectivity index (χ4n) is 1.67. The molecule has 100 valence electrons. The molecule has 0 bridgehead atoms. The van der Waals surface area contributed by atoms with Crippen molar-refractivity contribution in [1.82, 2.24) is 0 Å². The highest BCUT2D eigenvalue weighted by molar-refractivity contribution is 7.99. The van der Waals surface area contributed by atoms with Gasteiger partial charge in [-0.3, -0.25) is 0 Å².